The number of carbonyl (C=O) groups is 1. The summed E-state index contributed by atoms with van der Waals surface area (Å²) in [5, 5.41) is 12.7. The largest absolute Gasteiger partial charge is 0.445 e. The highest BCUT2D eigenvalue weighted by Gasteiger charge is 2.21. The first kappa shape index (κ1) is 23.1. The molecule has 0 aliphatic carbocycles. The fourth-order valence-electron chi connectivity index (χ4n) is 1.48. The molecule has 0 fully saturated rings. The Balaban J connectivity index is 4.39. The molecule has 0 aromatic rings. The highest BCUT2D eigenvalue weighted by molar-refractivity contribution is 14.1. The predicted molar refractivity (Wildman–Crippen MR) is 105 cm³/mol. The molecule has 2 atom stereocenters. The minimum atomic E-state index is -1.62. The van der Waals surface area contributed by atoms with Crippen LogP contribution < -0.4 is 5.32 Å². The number of amides is 1. The Morgan fingerprint density at radius 3 is 2.48 bits per heavy atom. The third-order valence-electron chi connectivity index (χ3n) is 2.85. The molecule has 0 saturated carbocycles. The van der Waals surface area contributed by atoms with E-state index in [1.54, 1.807) is 0 Å². The lowest BCUT2D eigenvalue weighted by Crippen LogP contribution is -2.29. The van der Waals surface area contributed by atoms with Crippen LogP contribution in [0.3, 0.4) is 0 Å². The summed E-state index contributed by atoms with van der Waals surface area (Å²) in [7, 11) is 0. The maximum Gasteiger partial charge on any atom is 0.407 e. The van der Waals surface area contributed by atoms with Crippen molar-refractivity contribution in [1.29, 1.82) is 0 Å². The molecule has 23 heavy (non-hydrogen) atoms. The molecule has 0 radical (unpaired) electrons. The van der Waals surface area contributed by atoms with E-state index in [0.717, 1.165) is 11.1 Å². The molecule has 0 unspecified atom stereocenters. The van der Waals surface area contributed by atoms with E-state index in [-0.39, 0.29) is 12.5 Å². The monoisotopic (exact) mass is 495 g/mol. The topological polar surface area (TPSA) is 58.6 Å². The van der Waals surface area contributed by atoms with Gasteiger partial charge in [0.05, 0.1) is 6.10 Å². The van der Waals surface area contributed by atoms with Gasteiger partial charge in [0.25, 0.3) is 0 Å². The molecular weight excluding hydrogens is 475 g/mol. The maximum atomic E-state index is 11.4. The Labute approximate surface area is 166 Å². The van der Waals surface area contributed by atoms with Crippen molar-refractivity contribution in [3.05, 3.63) is 33.5 Å². The van der Waals surface area contributed by atoms with E-state index in [0.29, 0.717) is 6.54 Å². The number of carbonyl (C=O) groups excluding carboxylic acids is 1. The molecule has 1 amide bonds. The third-order valence-corrected chi connectivity index (χ3v) is 3.59. The van der Waals surface area contributed by atoms with Gasteiger partial charge in [0.15, 0.2) is 0 Å². The molecule has 0 aliphatic heterocycles. The van der Waals surface area contributed by atoms with Crippen molar-refractivity contribution in [2.45, 2.75) is 30.7 Å². The Kier molecular flexibility index (Phi) is 11.6. The average molecular weight is 497 g/mol. The third kappa shape index (κ3) is 12.1. The normalized spacial score (nSPS) is 16.3. The van der Waals surface area contributed by atoms with Gasteiger partial charge in [0.2, 0.25) is 3.79 Å². The van der Waals surface area contributed by atoms with Gasteiger partial charge in [-0.3, -0.25) is 0 Å². The zero-order valence-corrected chi connectivity index (χ0v) is 17.6. The van der Waals surface area contributed by atoms with Crippen LogP contribution in [0.5, 0.6) is 0 Å². The van der Waals surface area contributed by atoms with Crippen LogP contribution in [0.1, 0.15) is 20.8 Å². The standard InChI is InChI=1S/C15H21Cl3INO3/c1-10(8-20-14(22)23-9-15(16,17)18)4-5-11(2)13(21)12(3)6-7-19/h4-7,12-13,21H,8-9H2,1-3H3,(H,20,22)/b7-6+,10-4+,11-5+/t12-,13+/m0/s1. The van der Waals surface area contributed by atoms with Gasteiger partial charge in [0.1, 0.15) is 6.61 Å². The van der Waals surface area contributed by atoms with E-state index < -0.39 is 16.0 Å². The second kappa shape index (κ2) is 11.6. The van der Waals surface area contributed by atoms with Crippen molar-refractivity contribution in [3.8, 4) is 0 Å². The summed E-state index contributed by atoms with van der Waals surface area (Å²) in [6.07, 6.45) is 4.37. The van der Waals surface area contributed by atoms with Gasteiger partial charge in [0, 0.05) is 12.5 Å². The van der Waals surface area contributed by atoms with Crippen LogP contribution in [0.25, 0.3) is 0 Å². The van der Waals surface area contributed by atoms with Crippen molar-refractivity contribution in [2.24, 2.45) is 5.92 Å². The zero-order valence-electron chi connectivity index (χ0n) is 13.2. The van der Waals surface area contributed by atoms with Crippen LogP contribution in [-0.4, -0.2) is 34.2 Å². The molecule has 0 aromatic heterocycles. The summed E-state index contributed by atoms with van der Waals surface area (Å²) in [5.41, 5.74) is 1.73. The van der Waals surface area contributed by atoms with Crippen LogP contribution in [0.2, 0.25) is 0 Å². The first-order valence-electron chi connectivity index (χ1n) is 6.83. The van der Waals surface area contributed by atoms with Crippen molar-refractivity contribution >= 4 is 63.5 Å². The summed E-state index contributed by atoms with van der Waals surface area (Å²) >= 11 is 18.6. The molecule has 0 bridgehead atoms. The predicted octanol–water partition coefficient (Wildman–Crippen LogP) is 4.92. The molecule has 0 aliphatic rings. The zero-order chi connectivity index (χ0) is 18.0. The minimum Gasteiger partial charge on any atom is -0.445 e. The first-order chi connectivity index (χ1) is 10.6. The molecule has 8 heteroatoms. The van der Waals surface area contributed by atoms with E-state index in [1.807, 2.05) is 43.1 Å². The smallest absolute Gasteiger partial charge is 0.407 e. The number of hydrogen-bond donors (Lipinski definition) is 2. The van der Waals surface area contributed by atoms with Gasteiger partial charge in [-0.15, -0.1) is 0 Å². The molecule has 0 rings (SSSR count). The highest BCUT2D eigenvalue weighted by atomic mass is 127. The van der Waals surface area contributed by atoms with Crippen molar-refractivity contribution in [1.82, 2.24) is 5.32 Å². The lowest BCUT2D eigenvalue weighted by Gasteiger charge is -2.15. The molecule has 0 saturated heterocycles. The first-order valence-corrected chi connectivity index (χ1v) is 9.21. The van der Waals surface area contributed by atoms with Gasteiger partial charge < -0.3 is 15.2 Å². The minimum absolute atomic E-state index is 0.0342. The Hall–Kier alpha value is 0.0500. The molecule has 4 nitrogen and oxygen atoms in total. The Morgan fingerprint density at radius 1 is 1.35 bits per heavy atom. The number of ether oxygens (including phenoxy) is 1. The van der Waals surface area contributed by atoms with Crippen LogP contribution in [0.4, 0.5) is 4.79 Å². The van der Waals surface area contributed by atoms with Crippen LogP contribution >= 0.6 is 57.4 Å². The van der Waals surface area contributed by atoms with Gasteiger partial charge in [-0.1, -0.05) is 88.1 Å². The molecule has 0 heterocycles. The van der Waals surface area contributed by atoms with E-state index >= 15 is 0 Å². The lowest BCUT2D eigenvalue weighted by molar-refractivity contribution is 0.149. The van der Waals surface area contributed by atoms with E-state index in [1.165, 1.54) is 0 Å². The van der Waals surface area contributed by atoms with Crippen LogP contribution in [0, 0.1) is 5.92 Å². The van der Waals surface area contributed by atoms with E-state index in [4.69, 9.17) is 39.5 Å². The summed E-state index contributed by atoms with van der Waals surface area (Å²) in [4.78, 5) is 11.4. The number of aliphatic hydroxyl groups is 1. The van der Waals surface area contributed by atoms with Gasteiger partial charge in [-0.2, -0.15) is 0 Å². The second-order valence-corrected chi connectivity index (χ2v) is 8.33. The number of halogens is 4. The number of hydrogen-bond acceptors (Lipinski definition) is 3. The van der Waals surface area contributed by atoms with Crippen molar-refractivity contribution in [3.63, 3.8) is 0 Å². The maximum absolute atomic E-state index is 11.4. The van der Waals surface area contributed by atoms with Crippen molar-refractivity contribution in [2.75, 3.05) is 13.2 Å². The summed E-state index contributed by atoms with van der Waals surface area (Å²) in [6.45, 7) is 5.62. The van der Waals surface area contributed by atoms with Gasteiger partial charge in [-0.05, 0) is 23.5 Å². The average Bonchev–Trinajstić information content (AvgIpc) is 2.47. The molecule has 2 N–H and O–H groups in total. The van der Waals surface area contributed by atoms with E-state index in [9.17, 15) is 9.90 Å². The quantitative estimate of drug-likeness (QED) is 0.299. The second-order valence-electron chi connectivity index (χ2n) is 5.09. The number of allylic oxidation sites excluding steroid dienone is 2. The van der Waals surface area contributed by atoms with E-state index in [2.05, 4.69) is 27.9 Å². The number of nitrogens with one attached hydrogen (secondary N) is 1. The fourth-order valence-corrected chi connectivity index (χ4v) is 2.29. The number of aliphatic hydroxyl groups excluding tert-OH is 1. The summed E-state index contributed by atoms with van der Waals surface area (Å²) < 4.78 is 5.00. The Morgan fingerprint density at radius 2 is 1.96 bits per heavy atom. The molecule has 0 spiro atoms. The van der Waals surface area contributed by atoms with Crippen LogP contribution in [0.15, 0.2) is 33.5 Å². The lowest BCUT2D eigenvalue weighted by atomic mass is 9.98. The number of rotatable bonds is 7. The van der Waals surface area contributed by atoms with Gasteiger partial charge >= 0.3 is 6.09 Å². The SMILES string of the molecule is C/C(=C\C=C(/C)[C@@H](O)[C@@H](C)/C=C/I)CNC(=O)OCC(Cl)(Cl)Cl. The summed E-state index contributed by atoms with van der Waals surface area (Å²) in [6, 6.07) is 0. The highest BCUT2D eigenvalue weighted by Crippen LogP contribution is 2.25. The molecule has 0 aromatic carbocycles. The number of alkyl halides is 3. The van der Waals surface area contributed by atoms with Gasteiger partial charge in [-0.25, -0.2) is 4.79 Å². The molecule has 132 valence electrons. The number of alkyl carbamates (subject to hydrolysis) is 1. The summed E-state index contributed by atoms with van der Waals surface area (Å²) in [5.74, 6) is 0.0342. The van der Waals surface area contributed by atoms with Crippen LogP contribution in [-0.2, 0) is 4.74 Å². The Bertz CT molecular complexity index is 473. The van der Waals surface area contributed by atoms with Crippen molar-refractivity contribution < 1.29 is 14.6 Å². The molecular formula is C15H21Cl3INO3. The fraction of sp³-hybridized carbons (Fsp3) is 0.533.